The Bertz CT molecular complexity index is 189. The van der Waals surface area contributed by atoms with Crippen molar-refractivity contribution < 1.29 is 0 Å². The lowest BCUT2D eigenvalue weighted by Crippen LogP contribution is -2.09. The summed E-state index contributed by atoms with van der Waals surface area (Å²) in [5, 5.41) is 0. The van der Waals surface area contributed by atoms with Crippen LogP contribution in [0.2, 0.25) is 0 Å². The first-order valence-electron chi connectivity index (χ1n) is 3.33. The maximum Gasteiger partial charge on any atom is 0.0745 e. The van der Waals surface area contributed by atoms with Crippen LogP contribution in [0.3, 0.4) is 0 Å². The van der Waals surface area contributed by atoms with E-state index < -0.39 is 0 Å². The molecule has 1 aliphatic carbocycles. The number of aliphatic imine (C=N–C) groups is 1. The topological polar surface area (TPSA) is 12.4 Å². The molecule has 0 amide bonds. The monoisotopic (exact) mass is 119 g/mol. The molecule has 0 fully saturated rings. The summed E-state index contributed by atoms with van der Waals surface area (Å²) >= 11 is 0. The van der Waals surface area contributed by atoms with Gasteiger partial charge in [-0.05, 0) is 6.42 Å². The molecule has 0 radical (unpaired) electrons. The van der Waals surface area contributed by atoms with E-state index in [1.807, 2.05) is 6.21 Å². The molecule has 0 N–H and O–H groups in total. The fourth-order valence-electron chi connectivity index (χ4n) is 1.32. The summed E-state index contributed by atoms with van der Waals surface area (Å²) in [6, 6.07) is 0.468. The Morgan fingerprint density at radius 1 is 1.22 bits per heavy atom. The third-order valence-corrected chi connectivity index (χ3v) is 1.87. The maximum atomic E-state index is 4.29. The van der Waals surface area contributed by atoms with E-state index in [0.717, 1.165) is 6.42 Å². The van der Waals surface area contributed by atoms with Crippen LogP contribution in [0.5, 0.6) is 0 Å². The molecule has 2 rings (SSSR count). The minimum Gasteiger partial charge on any atom is -0.289 e. The zero-order valence-corrected chi connectivity index (χ0v) is 5.20. The van der Waals surface area contributed by atoms with Crippen LogP contribution in [0.1, 0.15) is 6.42 Å². The molecule has 46 valence electrons. The highest BCUT2D eigenvalue weighted by molar-refractivity contribution is 5.62. The van der Waals surface area contributed by atoms with Crippen molar-refractivity contribution in [3.8, 4) is 0 Å². The van der Waals surface area contributed by atoms with Crippen molar-refractivity contribution in [2.24, 2.45) is 10.9 Å². The average molecular weight is 119 g/mol. The molecule has 2 unspecified atom stereocenters. The van der Waals surface area contributed by atoms with Gasteiger partial charge in [-0.3, -0.25) is 4.99 Å². The molecule has 1 heteroatoms. The van der Waals surface area contributed by atoms with E-state index in [4.69, 9.17) is 0 Å². The van der Waals surface area contributed by atoms with Gasteiger partial charge in [0.25, 0.3) is 0 Å². The van der Waals surface area contributed by atoms with Crippen LogP contribution < -0.4 is 0 Å². The number of rotatable bonds is 0. The van der Waals surface area contributed by atoms with Crippen LogP contribution in [0, 0.1) is 5.92 Å². The van der Waals surface area contributed by atoms with Gasteiger partial charge in [0.15, 0.2) is 0 Å². The lowest BCUT2D eigenvalue weighted by molar-refractivity contribution is 0.637. The average Bonchev–Trinajstić information content (AvgIpc) is 2.33. The van der Waals surface area contributed by atoms with Crippen LogP contribution in [0.25, 0.3) is 0 Å². The summed E-state index contributed by atoms with van der Waals surface area (Å²) < 4.78 is 0. The highest BCUT2D eigenvalue weighted by Gasteiger charge is 2.19. The van der Waals surface area contributed by atoms with Crippen LogP contribution in [0.4, 0.5) is 0 Å². The largest absolute Gasteiger partial charge is 0.289 e. The van der Waals surface area contributed by atoms with E-state index in [1.54, 1.807) is 0 Å². The number of hydrogen-bond acceptors (Lipinski definition) is 1. The smallest absolute Gasteiger partial charge is 0.0745 e. The number of allylic oxidation sites excluding steroid dienone is 2. The molecule has 0 aromatic heterocycles. The first-order valence-corrected chi connectivity index (χ1v) is 3.33. The van der Waals surface area contributed by atoms with Gasteiger partial charge in [0.05, 0.1) is 6.04 Å². The fraction of sp³-hybridized carbons (Fsp3) is 0.375. The molecule has 1 nitrogen and oxygen atoms in total. The van der Waals surface area contributed by atoms with Crippen LogP contribution in [-0.2, 0) is 0 Å². The predicted octanol–water partition coefficient (Wildman–Crippen LogP) is 1.57. The Morgan fingerprint density at radius 2 is 2.11 bits per heavy atom. The molecule has 0 saturated heterocycles. The van der Waals surface area contributed by atoms with Gasteiger partial charge in [0.2, 0.25) is 0 Å². The first kappa shape index (κ1) is 4.98. The summed E-state index contributed by atoms with van der Waals surface area (Å²) in [6.07, 6.45) is 11.7. The van der Waals surface area contributed by atoms with Gasteiger partial charge < -0.3 is 0 Å². The van der Waals surface area contributed by atoms with Gasteiger partial charge >= 0.3 is 0 Å². The molecule has 2 atom stereocenters. The molecule has 2 aliphatic rings. The predicted molar refractivity (Wildman–Crippen MR) is 38.7 cm³/mol. The summed E-state index contributed by atoms with van der Waals surface area (Å²) in [7, 11) is 0. The Labute approximate surface area is 54.8 Å². The number of fused-ring (bicyclic) bond motifs is 1. The third-order valence-electron chi connectivity index (χ3n) is 1.87. The van der Waals surface area contributed by atoms with E-state index in [-0.39, 0.29) is 0 Å². The van der Waals surface area contributed by atoms with E-state index >= 15 is 0 Å². The SMILES string of the molecule is C1=CC2CC=NC2C=C1. The van der Waals surface area contributed by atoms with Crippen molar-refractivity contribution in [2.45, 2.75) is 12.5 Å². The second-order valence-electron chi connectivity index (χ2n) is 2.49. The number of hydrogen-bond donors (Lipinski definition) is 0. The van der Waals surface area contributed by atoms with Gasteiger partial charge in [0, 0.05) is 12.1 Å². The minimum atomic E-state index is 0.468. The lowest BCUT2D eigenvalue weighted by atomic mass is 9.96. The normalized spacial score (nSPS) is 37.3. The summed E-state index contributed by atoms with van der Waals surface area (Å²) in [6.45, 7) is 0. The zero-order valence-electron chi connectivity index (χ0n) is 5.20. The van der Waals surface area contributed by atoms with Crippen molar-refractivity contribution in [3.05, 3.63) is 24.3 Å². The molecule has 0 aromatic carbocycles. The molecule has 0 saturated carbocycles. The summed E-state index contributed by atoms with van der Waals surface area (Å²) in [4.78, 5) is 4.29. The maximum absolute atomic E-state index is 4.29. The minimum absolute atomic E-state index is 0.468. The van der Waals surface area contributed by atoms with Crippen LogP contribution in [0.15, 0.2) is 29.3 Å². The summed E-state index contributed by atoms with van der Waals surface area (Å²) in [5.74, 6) is 0.676. The van der Waals surface area contributed by atoms with E-state index in [1.165, 1.54) is 0 Å². The quantitative estimate of drug-likeness (QED) is 0.459. The van der Waals surface area contributed by atoms with Crippen LogP contribution in [-0.4, -0.2) is 12.3 Å². The zero-order chi connectivity index (χ0) is 6.10. The van der Waals surface area contributed by atoms with Crippen molar-refractivity contribution >= 4 is 6.21 Å². The molecular formula is C8H9N. The van der Waals surface area contributed by atoms with Crippen molar-refractivity contribution in [1.29, 1.82) is 0 Å². The third kappa shape index (κ3) is 0.727. The molecule has 1 aliphatic heterocycles. The molecular weight excluding hydrogens is 110 g/mol. The highest BCUT2D eigenvalue weighted by atomic mass is 14.8. The standard InChI is InChI=1S/C8H9N/c1-2-4-8-7(3-1)5-6-9-8/h1-4,6-8H,5H2. The Hall–Kier alpha value is -0.850. The number of nitrogens with zero attached hydrogens (tertiary/aromatic N) is 1. The van der Waals surface area contributed by atoms with E-state index in [0.29, 0.717) is 12.0 Å². The molecule has 1 heterocycles. The van der Waals surface area contributed by atoms with Gasteiger partial charge in [-0.2, -0.15) is 0 Å². The van der Waals surface area contributed by atoms with Gasteiger partial charge in [-0.25, -0.2) is 0 Å². The van der Waals surface area contributed by atoms with Gasteiger partial charge in [0.1, 0.15) is 0 Å². The van der Waals surface area contributed by atoms with Crippen molar-refractivity contribution in [3.63, 3.8) is 0 Å². The Balaban J connectivity index is 2.25. The second-order valence-corrected chi connectivity index (χ2v) is 2.49. The molecule has 0 bridgehead atoms. The second kappa shape index (κ2) is 1.83. The van der Waals surface area contributed by atoms with E-state index in [9.17, 15) is 0 Å². The molecule has 0 aromatic rings. The highest BCUT2D eigenvalue weighted by Crippen LogP contribution is 2.22. The molecule has 9 heavy (non-hydrogen) atoms. The first-order chi connectivity index (χ1) is 4.47. The Kier molecular flexibility index (Phi) is 1.01. The van der Waals surface area contributed by atoms with E-state index in [2.05, 4.69) is 29.3 Å². The van der Waals surface area contributed by atoms with Crippen molar-refractivity contribution in [1.82, 2.24) is 0 Å². The summed E-state index contributed by atoms with van der Waals surface area (Å²) in [5.41, 5.74) is 0. The lowest BCUT2D eigenvalue weighted by Gasteiger charge is -2.11. The van der Waals surface area contributed by atoms with Gasteiger partial charge in [-0.1, -0.05) is 24.3 Å². The van der Waals surface area contributed by atoms with Crippen LogP contribution >= 0.6 is 0 Å². The van der Waals surface area contributed by atoms with Crippen molar-refractivity contribution in [2.75, 3.05) is 0 Å². The van der Waals surface area contributed by atoms with Gasteiger partial charge in [-0.15, -0.1) is 0 Å². The molecule has 0 spiro atoms. The Morgan fingerprint density at radius 3 is 3.00 bits per heavy atom. The fourth-order valence-corrected chi connectivity index (χ4v) is 1.32.